The van der Waals surface area contributed by atoms with Gasteiger partial charge in [-0.3, -0.25) is 4.79 Å². The molecule has 1 fully saturated rings. The average molecular weight is 244 g/mol. The summed E-state index contributed by atoms with van der Waals surface area (Å²) in [5, 5.41) is 6.31. The third-order valence-corrected chi connectivity index (χ3v) is 2.75. The SMILES string of the molecule is Cc1cc(NC(=O)c2cnc(C3CC3)nc2)no1. The lowest BCUT2D eigenvalue weighted by Crippen LogP contribution is -2.13. The number of amides is 1. The predicted octanol–water partition coefficient (Wildman–Crippen LogP) is 1.90. The van der Waals surface area contributed by atoms with Crippen LogP contribution < -0.4 is 5.32 Å². The minimum Gasteiger partial charge on any atom is -0.360 e. The second-order valence-electron chi connectivity index (χ2n) is 4.38. The zero-order chi connectivity index (χ0) is 12.5. The van der Waals surface area contributed by atoms with Gasteiger partial charge in [-0.15, -0.1) is 0 Å². The fraction of sp³-hybridized carbons (Fsp3) is 0.333. The van der Waals surface area contributed by atoms with Gasteiger partial charge in [-0.05, 0) is 19.8 Å². The van der Waals surface area contributed by atoms with E-state index in [0.717, 1.165) is 18.7 Å². The van der Waals surface area contributed by atoms with E-state index in [9.17, 15) is 4.79 Å². The monoisotopic (exact) mass is 244 g/mol. The lowest BCUT2D eigenvalue weighted by molar-refractivity contribution is 0.102. The molecule has 2 aromatic rings. The highest BCUT2D eigenvalue weighted by molar-refractivity contribution is 6.03. The molecule has 0 unspecified atom stereocenters. The highest BCUT2D eigenvalue weighted by atomic mass is 16.5. The Hall–Kier alpha value is -2.24. The van der Waals surface area contributed by atoms with Gasteiger partial charge in [0.05, 0.1) is 5.56 Å². The topological polar surface area (TPSA) is 80.9 Å². The maximum Gasteiger partial charge on any atom is 0.260 e. The quantitative estimate of drug-likeness (QED) is 0.891. The number of hydrogen-bond acceptors (Lipinski definition) is 5. The van der Waals surface area contributed by atoms with Crippen molar-refractivity contribution in [3.05, 3.63) is 35.6 Å². The molecule has 1 aliphatic rings. The van der Waals surface area contributed by atoms with E-state index in [4.69, 9.17) is 4.52 Å². The summed E-state index contributed by atoms with van der Waals surface area (Å²) in [7, 11) is 0. The number of anilines is 1. The molecule has 6 heteroatoms. The Balaban J connectivity index is 1.71. The Labute approximate surface area is 103 Å². The summed E-state index contributed by atoms with van der Waals surface area (Å²) in [6.45, 7) is 1.76. The number of rotatable bonds is 3. The van der Waals surface area contributed by atoms with Gasteiger partial charge in [0.1, 0.15) is 11.6 Å². The van der Waals surface area contributed by atoms with E-state index in [1.54, 1.807) is 25.4 Å². The minimum atomic E-state index is -0.286. The lowest BCUT2D eigenvalue weighted by atomic mass is 10.3. The van der Waals surface area contributed by atoms with Crippen molar-refractivity contribution < 1.29 is 9.32 Å². The van der Waals surface area contributed by atoms with E-state index in [1.807, 2.05) is 0 Å². The summed E-state index contributed by atoms with van der Waals surface area (Å²) >= 11 is 0. The molecule has 92 valence electrons. The number of hydrogen-bond donors (Lipinski definition) is 1. The first-order valence-corrected chi connectivity index (χ1v) is 5.79. The summed E-state index contributed by atoms with van der Waals surface area (Å²) in [6.07, 6.45) is 5.37. The van der Waals surface area contributed by atoms with Crippen LogP contribution >= 0.6 is 0 Å². The van der Waals surface area contributed by atoms with Crippen molar-refractivity contribution in [3.8, 4) is 0 Å². The number of aromatic nitrogens is 3. The van der Waals surface area contributed by atoms with Crippen LogP contribution in [0.1, 0.15) is 40.7 Å². The molecule has 1 aliphatic carbocycles. The van der Waals surface area contributed by atoms with Crippen LogP contribution in [-0.2, 0) is 0 Å². The van der Waals surface area contributed by atoms with E-state index in [-0.39, 0.29) is 5.91 Å². The number of nitrogens with one attached hydrogen (secondary N) is 1. The highest BCUT2D eigenvalue weighted by Gasteiger charge is 2.26. The van der Waals surface area contributed by atoms with Crippen molar-refractivity contribution in [2.75, 3.05) is 5.32 Å². The first-order chi connectivity index (χ1) is 8.72. The van der Waals surface area contributed by atoms with Crippen molar-refractivity contribution in [1.29, 1.82) is 0 Å². The van der Waals surface area contributed by atoms with Gasteiger partial charge in [-0.2, -0.15) is 0 Å². The number of carbonyl (C=O) groups excluding carboxylic acids is 1. The van der Waals surface area contributed by atoms with Crippen LogP contribution in [0, 0.1) is 6.92 Å². The molecule has 0 spiro atoms. The Morgan fingerprint density at radius 1 is 1.39 bits per heavy atom. The first-order valence-electron chi connectivity index (χ1n) is 5.79. The van der Waals surface area contributed by atoms with Crippen molar-refractivity contribution in [2.45, 2.75) is 25.7 Å². The molecule has 2 aromatic heterocycles. The molecule has 0 aromatic carbocycles. The van der Waals surface area contributed by atoms with Crippen LogP contribution in [0.15, 0.2) is 23.0 Å². The van der Waals surface area contributed by atoms with Crippen molar-refractivity contribution in [1.82, 2.24) is 15.1 Å². The third kappa shape index (κ3) is 2.22. The molecule has 2 heterocycles. The fourth-order valence-electron chi connectivity index (χ4n) is 1.62. The van der Waals surface area contributed by atoms with Crippen LogP contribution in [0.3, 0.4) is 0 Å². The van der Waals surface area contributed by atoms with Crippen LogP contribution in [0.4, 0.5) is 5.82 Å². The van der Waals surface area contributed by atoms with E-state index < -0.39 is 0 Å². The van der Waals surface area contributed by atoms with E-state index in [0.29, 0.717) is 23.1 Å². The molecule has 0 saturated heterocycles. The number of carbonyl (C=O) groups is 1. The Morgan fingerprint density at radius 2 is 2.11 bits per heavy atom. The van der Waals surface area contributed by atoms with Gasteiger partial charge in [0.25, 0.3) is 5.91 Å². The Kier molecular flexibility index (Phi) is 2.55. The molecule has 0 radical (unpaired) electrons. The van der Waals surface area contributed by atoms with Crippen molar-refractivity contribution in [3.63, 3.8) is 0 Å². The third-order valence-electron chi connectivity index (χ3n) is 2.75. The largest absolute Gasteiger partial charge is 0.360 e. The summed E-state index contributed by atoms with van der Waals surface area (Å²) in [6, 6.07) is 1.65. The lowest BCUT2D eigenvalue weighted by Gasteiger charge is -2.01. The predicted molar refractivity (Wildman–Crippen MR) is 63.2 cm³/mol. The van der Waals surface area contributed by atoms with Gasteiger partial charge >= 0.3 is 0 Å². The summed E-state index contributed by atoms with van der Waals surface area (Å²) < 4.78 is 4.86. The zero-order valence-corrected chi connectivity index (χ0v) is 9.88. The van der Waals surface area contributed by atoms with E-state index in [1.165, 1.54) is 0 Å². The molecule has 6 nitrogen and oxygen atoms in total. The molecule has 18 heavy (non-hydrogen) atoms. The van der Waals surface area contributed by atoms with Gasteiger partial charge < -0.3 is 9.84 Å². The molecule has 3 rings (SSSR count). The maximum atomic E-state index is 11.8. The standard InChI is InChI=1S/C12H12N4O2/c1-7-4-10(16-18-7)15-12(17)9-5-13-11(14-6-9)8-2-3-8/h4-6,8H,2-3H2,1H3,(H,15,16,17). The smallest absolute Gasteiger partial charge is 0.260 e. The van der Waals surface area contributed by atoms with Gasteiger partial charge in [0, 0.05) is 24.4 Å². The second-order valence-corrected chi connectivity index (χ2v) is 4.38. The molecule has 0 bridgehead atoms. The molecular weight excluding hydrogens is 232 g/mol. The zero-order valence-electron chi connectivity index (χ0n) is 9.88. The summed E-state index contributed by atoms with van der Waals surface area (Å²) in [5.74, 6) is 2.06. The molecular formula is C12H12N4O2. The van der Waals surface area contributed by atoms with Crippen molar-refractivity contribution in [2.24, 2.45) is 0 Å². The molecule has 1 N–H and O–H groups in total. The van der Waals surface area contributed by atoms with Gasteiger partial charge in [0.15, 0.2) is 5.82 Å². The molecule has 0 aliphatic heterocycles. The second kappa shape index (κ2) is 4.21. The van der Waals surface area contributed by atoms with Crippen LogP contribution in [0.2, 0.25) is 0 Å². The van der Waals surface area contributed by atoms with Crippen LogP contribution in [-0.4, -0.2) is 21.0 Å². The minimum absolute atomic E-state index is 0.286. The van der Waals surface area contributed by atoms with Gasteiger partial charge in [-0.25, -0.2) is 9.97 Å². The first kappa shape index (κ1) is 10.9. The van der Waals surface area contributed by atoms with Crippen molar-refractivity contribution >= 4 is 11.7 Å². The van der Waals surface area contributed by atoms with Gasteiger partial charge in [-0.1, -0.05) is 5.16 Å². The highest BCUT2D eigenvalue weighted by Crippen LogP contribution is 2.37. The van der Waals surface area contributed by atoms with E-state index in [2.05, 4.69) is 20.4 Å². The normalized spacial score (nSPS) is 14.5. The fourth-order valence-corrected chi connectivity index (χ4v) is 1.62. The Morgan fingerprint density at radius 3 is 2.67 bits per heavy atom. The number of nitrogens with zero attached hydrogens (tertiary/aromatic N) is 3. The van der Waals surface area contributed by atoms with E-state index >= 15 is 0 Å². The summed E-state index contributed by atoms with van der Waals surface area (Å²) in [4.78, 5) is 20.2. The van der Waals surface area contributed by atoms with Gasteiger partial charge in [0.2, 0.25) is 0 Å². The Bertz CT molecular complexity index is 572. The average Bonchev–Trinajstić information content (AvgIpc) is 3.14. The van der Waals surface area contributed by atoms with Crippen LogP contribution in [0.5, 0.6) is 0 Å². The molecule has 1 saturated carbocycles. The number of aryl methyl sites for hydroxylation is 1. The molecule has 0 atom stereocenters. The van der Waals surface area contributed by atoms with Crippen LogP contribution in [0.25, 0.3) is 0 Å². The summed E-state index contributed by atoms with van der Waals surface area (Å²) in [5.41, 5.74) is 0.417. The maximum absolute atomic E-state index is 11.8. The molecule has 1 amide bonds.